The van der Waals surface area contributed by atoms with Crippen LogP contribution in [0.15, 0.2) is 22.6 Å². The number of nitrogens with zero attached hydrogens (tertiary/aromatic N) is 2. The molecule has 8 heteroatoms. The molecule has 6 nitrogen and oxygen atoms in total. The Bertz CT molecular complexity index is 888. The molecule has 3 rings (SSSR count). The minimum Gasteiger partial charge on any atom is -0.451 e. The van der Waals surface area contributed by atoms with E-state index in [0.717, 1.165) is 0 Å². The zero-order chi connectivity index (χ0) is 19.9. The number of fused-ring (bicyclic) bond motifs is 1. The lowest BCUT2D eigenvalue weighted by molar-refractivity contribution is 0.00261. The fourth-order valence-corrected chi connectivity index (χ4v) is 3.59. The third kappa shape index (κ3) is 4.39. The van der Waals surface area contributed by atoms with Gasteiger partial charge < -0.3 is 14.1 Å². The summed E-state index contributed by atoms with van der Waals surface area (Å²) in [4.78, 5) is 29.2. The number of ketones is 1. The molecule has 0 bridgehead atoms. The fourth-order valence-electron chi connectivity index (χ4n) is 3.04. The number of amides is 1. The van der Waals surface area contributed by atoms with Crippen LogP contribution < -0.4 is 0 Å². The molecule has 1 amide bonds. The summed E-state index contributed by atoms with van der Waals surface area (Å²) >= 11 is 12.2. The molecule has 0 N–H and O–H groups in total. The molecule has 0 radical (unpaired) electrons. The maximum Gasteiger partial charge on any atom is 0.411 e. The lowest BCUT2D eigenvalue weighted by atomic mass is 10.1. The molecule has 1 aliphatic rings. The van der Waals surface area contributed by atoms with E-state index in [-0.39, 0.29) is 11.5 Å². The van der Waals surface area contributed by atoms with Gasteiger partial charge in [-0.1, -0.05) is 23.2 Å². The molecular weight excluding hydrogens is 391 g/mol. The minimum atomic E-state index is -0.701. The lowest BCUT2D eigenvalue weighted by Crippen LogP contribution is -2.58. The van der Waals surface area contributed by atoms with Gasteiger partial charge in [-0.15, -0.1) is 0 Å². The van der Waals surface area contributed by atoms with Crippen LogP contribution in [0.2, 0.25) is 10.0 Å². The number of Topliss-reactive ketones (excluding diaryl/α,β-unsaturated/α-hetero) is 1. The van der Waals surface area contributed by atoms with Crippen molar-refractivity contribution in [2.24, 2.45) is 0 Å². The van der Waals surface area contributed by atoms with Crippen LogP contribution in [-0.2, 0) is 4.74 Å². The van der Waals surface area contributed by atoms with Gasteiger partial charge in [0.25, 0.3) is 0 Å². The smallest absolute Gasteiger partial charge is 0.411 e. The number of furan rings is 1. The highest BCUT2D eigenvalue weighted by Crippen LogP contribution is 2.31. The second-order valence-corrected chi connectivity index (χ2v) is 8.58. The van der Waals surface area contributed by atoms with Gasteiger partial charge >= 0.3 is 6.09 Å². The highest BCUT2D eigenvalue weighted by atomic mass is 35.5. The van der Waals surface area contributed by atoms with Gasteiger partial charge in [-0.3, -0.25) is 9.69 Å². The van der Waals surface area contributed by atoms with Gasteiger partial charge in [0.1, 0.15) is 11.6 Å². The standard InChI is InChI=1S/C19H22Cl2N2O4/c1-19(2,3)27-18(25)23-6-5-22(4)10-14(23)16(24)15-8-11-7-12(20)9-13(21)17(11)26-15/h7-9,14H,5-6,10H2,1-4H3. The van der Waals surface area contributed by atoms with Crippen LogP contribution in [0.4, 0.5) is 4.79 Å². The summed E-state index contributed by atoms with van der Waals surface area (Å²) in [7, 11) is 1.90. The zero-order valence-corrected chi connectivity index (χ0v) is 17.2. The van der Waals surface area contributed by atoms with Crippen LogP contribution in [-0.4, -0.2) is 60.0 Å². The molecule has 1 fully saturated rings. The van der Waals surface area contributed by atoms with Crippen molar-refractivity contribution in [3.63, 3.8) is 0 Å². The normalized spacial score (nSPS) is 18.7. The molecule has 1 aliphatic heterocycles. The first-order valence-electron chi connectivity index (χ1n) is 8.66. The molecule has 1 atom stereocenters. The van der Waals surface area contributed by atoms with Crippen LogP contribution in [0.3, 0.4) is 0 Å². The molecule has 0 saturated carbocycles. The average Bonchev–Trinajstić information content (AvgIpc) is 2.96. The van der Waals surface area contributed by atoms with Gasteiger partial charge in [0.05, 0.1) is 5.02 Å². The van der Waals surface area contributed by atoms with E-state index in [1.807, 2.05) is 11.9 Å². The van der Waals surface area contributed by atoms with Gasteiger partial charge in [-0.25, -0.2) is 4.79 Å². The first kappa shape index (κ1) is 20.0. The van der Waals surface area contributed by atoms with E-state index in [4.69, 9.17) is 32.4 Å². The van der Waals surface area contributed by atoms with Crippen molar-refractivity contribution in [1.82, 2.24) is 9.80 Å². The molecule has 27 heavy (non-hydrogen) atoms. The maximum absolute atomic E-state index is 13.1. The summed E-state index contributed by atoms with van der Waals surface area (Å²) in [6, 6.07) is 4.15. The Kier molecular flexibility index (Phi) is 5.43. The van der Waals surface area contributed by atoms with Crippen molar-refractivity contribution in [1.29, 1.82) is 0 Å². The summed E-state index contributed by atoms with van der Waals surface area (Å²) < 4.78 is 11.2. The Balaban J connectivity index is 1.92. The summed E-state index contributed by atoms with van der Waals surface area (Å²) in [5.41, 5.74) is -0.241. The van der Waals surface area contributed by atoms with Crippen molar-refractivity contribution in [3.05, 3.63) is 34.0 Å². The van der Waals surface area contributed by atoms with Crippen molar-refractivity contribution in [2.75, 3.05) is 26.7 Å². The zero-order valence-electron chi connectivity index (χ0n) is 15.7. The Morgan fingerprint density at radius 2 is 1.89 bits per heavy atom. The van der Waals surface area contributed by atoms with E-state index >= 15 is 0 Å². The van der Waals surface area contributed by atoms with E-state index in [0.29, 0.717) is 40.6 Å². The predicted molar refractivity (Wildman–Crippen MR) is 105 cm³/mol. The number of hydrogen-bond acceptors (Lipinski definition) is 5. The molecule has 2 aromatic rings. The van der Waals surface area contributed by atoms with Gasteiger partial charge in [-0.05, 0) is 46.0 Å². The second kappa shape index (κ2) is 7.34. The van der Waals surface area contributed by atoms with Gasteiger partial charge in [0.2, 0.25) is 5.78 Å². The molecule has 1 aromatic carbocycles. The molecule has 1 aromatic heterocycles. The Morgan fingerprint density at radius 1 is 1.19 bits per heavy atom. The van der Waals surface area contributed by atoms with Gasteiger partial charge in [-0.2, -0.15) is 0 Å². The van der Waals surface area contributed by atoms with Crippen LogP contribution in [0.5, 0.6) is 0 Å². The fraction of sp³-hybridized carbons (Fsp3) is 0.474. The monoisotopic (exact) mass is 412 g/mol. The lowest BCUT2D eigenvalue weighted by Gasteiger charge is -2.39. The van der Waals surface area contributed by atoms with E-state index < -0.39 is 17.7 Å². The van der Waals surface area contributed by atoms with E-state index in [1.165, 1.54) is 4.90 Å². The van der Waals surface area contributed by atoms with Crippen LogP contribution >= 0.6 is 23.2 Å². The molecule has 0 spiro atoms. The average molecular weight is 413 g/mol. The maximum atomic E-state index is 13.1. The third-order valence-electron chi connectivity index (χ3n) is 4.29. The Labute approximate surface area is 167 Å². The number of likely N-dealkylation sites (N-methyl/N-ethyl adjacent to an activating group) is 1. The number of halogens is 2. The molecule has 2 heterocycles. The SMILES string of the molecule is CN1CCN(C(=O)OC(C)(C)C)C(C(=O)c2cc3cc(Cl)cc(Cl)c3o2)C1. The number of hydrogen-bond donors (Lipinski definition) is 0. The molecular formula is C19H22Cl2N2O4. The number of piperazine rings is 1. The number of carbonyl (C=O) groups is 2. The second-order valence-electron chi connectivity index (χ2n) is 7.73. The number of ether oxygens (including phenoxy) is 1. The highest BCUT2D eigenvalue weighted by molar-refractivity contribution is 6.38. The first-order chi connectivity index (χ1) is 12.5. The van der Waals surface area contributed by atoms with Crippen LogP contribution in [0.25, 0.3) is 11.0 Å². The van der Waals surface area contributed by atoms with Crippen molar-refractivity contribution < 1.29 is 18.7 Å². The number of benzene rings is 1. The summed E-state index contributed by atoms with van der Waals surface area (Å²) in [6.07, 6.45) is -0.508. The summed E-state index contributed by atoms with van der Waals surface area (Å²) in [5, 5.41) is 1.44. The summed E-state index contributed by atoms with van der Waals surface area (Å²) in [5.74, 6) is -0.154. The highest BCUT2D eigenvalue weighted by Gasteiger charge is 2.38. The quantitative estimate of drug-likeness (QED) is 0.680. The number of carbonyl (C=O) groups excluding carboxylic acids is 2. The molecule has 1 saturated heterocycles. The van der Waals surface area contributed by atoms with Gasteiger partial charge in [0.15, 0.2) is 11.3 Å². The van der Waals surface area contributed by atoms with Gasteiger partial charge in [0, 0.05) is 30.0 Å². The molecule has 0 aliphatic carbocycles. The largest absolute Gasteiger partial charge is 0.451 e. The van der Waals surface area contributed by atoms with Crippen LogP contribution in [0, 0.1) is 0 Å². The molecule has 1 unspecified atom stereocenters. The molecule has 146 valence electrons. The number of rotatable bonds is 2. The van der Waals surface area contributed by atoms with E-state index in [1.54, 1.807) is 39.0 Å². The third-order valence-corrected chi connectivity index (χ3v) is 4.79. The van der Waals surface area contributed by atoms with Crippen molar-refractivity contribution in [3.8, 4) is 0 Å². The first-order valence-corrected chi connectivity index (χ1v) is 9.42. The van der Waals surface area contributed by atoms with Crippen LogP contribution in [0.1, 0.15) is 31.3 Å². The van der Waals surface area contributed by atoms with E-state index in [9.17, 15) is 9.59 Å². The topological polar surface area (TPSA) is 63.0 Å². The Morgan fingerprint density at radius 3 is 2.56 bits per heavy atom. The predicted octanol–water partition coefficient (Wildman–Crippen LogP) is 4.47. The van der Waals surface area contributed by atoms with Crippen molar-refractivity contribution in [2.45, 2.75) is 32.4 Å². The van der Waals surface area contributed by atoms with Crippen molar-refractivity contribution >= 4 is 46.0 Å². The van der Waals surface area contributed by atoms with E-state index in [2.05, 4.69) is 0 Å². The minimum absolute atomic E-state index is 0.142. The Hall–Kier alpha value is -1.76. The summed E-state index contributed by atoms with van der Waals surface area (Å²) in [6.45, 7) is 6.83.